The fourth-order valence-electron chi connectivity index (χ4n) is 2.18. The van der Waals surface area contributed by atoms with Crippen molar-refractivity contribution in [1.29, 1.82) is 0 Å². The number of hydrogen-bond donors (Lipinski definition) is 2. The van der Waals surface area contributed by atoms with Gasteiger partial charge in [-0.1, -0.05) is 0 Å². The zero-order valence-corrected chi connectivity index (χ0v) is 10.1. The van der Waals surface area contributed by atoms with Crippen LogP contribution >= 0.6 is 0 Å². The second-order valence-corrected chi connectivity index (χ2v) is 3.90. The lowest BCUT2D eigenvalue weighted by atomic mass is 9.96. The lowest BCUT2D eigenvalue weighted by molar-refractivity contribution is -0.387. The standard InChI is InChI=1S/C11H14N2O5/c1-17-7-5-6-3-4-12-11(14)8(6)9(13(15)16)10(7)18-2/h5,11-12,14H,3-4H2,1-2H3/t11-/m1/s1. The molecule has 1 aliphatic rings. The van der Waals surface area contributed by atoms with Gasteiger partial charge in [-0.25, -0.2) is 0 Å². The van der Waals surface area contributed by atoms with Gasteiger partial charge in [-0.2, -0.15) is 0 Å². The number of rotatable bonds is 3. The maximum Gasteiger partial charge on any atom is 0.322 e. The van der Waals surface area contributed by atoms with E-state index >= 15 is 0 Å². The number of benzene rings is 1. The molecule has 0 amide bonds. The third kappa shape index (κ3) is 1.87. The van der Waals surface area contributed by atoms with E-state index in [4.69, 9.17) is 9.47 Å². The maximum atomic E-state index is 11.2. The minimum atomic E-state index is -1.06. The Balaban J connectivity index is 2.74. The van der Waals surface area contributed by atoms with Gasteiger partial charge in [-0.05, 0) is 18.1 Å². The van der Waals surface area contributed by atoms with E-state index < -0.39 is 11.2 Å². The average molecular weight is 254 g/mol. The van der Waals surface area contributed by atoms with Crippen molar-refractivity contribution in [2.75, 3.05) is 20.8 Å². The molecule has 0 unspecified atom stereocenters. The van der Waals surface area contributed by atoms with Crippen LogP contribution in [0.1, 0.15) is 17.4 Å². The fourth-order valence-corrected chi connectivity index (χ4v) is 2.18. The normalized spacial score (nSPS) is 18.1. The summed E-state index contributed by atoms with van der Waals surface area (Å²) in [6.45, 7) is 0.556. The van der Waals surface area contributed by atoms with Crippen molar-refractivity contribution in [3.8, 4) is 11.5 Å². The SMILES string of the molecule is COc1cc2c(c([N+](=O)[O-])c1OC)[C@@H](O)NCC2. The Morgan fingerprint density at radius 3 is 2.78 bits per heavy atom. The van der Waals surface area contributed by atoms with Crippen LogP contribution < -0.4 is 14.8 Å². The number of hydrogen-bond acceptors (Lipinski definition) is 6. The first-order chi connectivity index (χ1) is 8.60. The van der Waals surface area contributed by atoms with E-state index in [9.17, 15) is 15.2 Å². The van der Waals surface area contributed by atoms with Gasteiger partial charge < -0.3 is 14.6 Å². The van der Waals surface area contributed by atoms with E-state index in [0.717, 1.165) is 0 Å². The van der Waals surface area contributed by atoms with Crippen LogP contribution in [0.2, 0.25) is 0 Å². The molecule has 1 aromatic carbocycles. The van der Waals surface area contributed by atoms with Gasteiger partial charge in [0.2, 0.25) is 5.75 Å². The first-order valence-corrected chi connectivity index (χ1v) is 5.43. The molecule has 1 aromatic rings. The van der Waals surface area contributed by atoms with E-state index in [2.05, 4.69) is 5.32 Å². The topological polar surface area (TPSA) is 93.9 Å². The molecule has 0 radical (unpaired) electrons. The van der Waals surface area contributed by atoms with Crippen LogP contribution in [-0.4, -0.2) is 30.8 Å². The molecular weight excluding hydrogens is 240 g/mol. The summed E-state index contributed by atoms with van der Waals surface area (Å²) >= 11 is 0. The van der Waals surface area contributed by atoms with Crippen molar-refractivity contribution in [3.05, 3.63) is 27.3 Å². The molecule has 2 rings (SSSR count). The lowest BCUT2D eigenvalue weighted by Crippen LogP contribution is -2.30. The van der Waals surface area contributed by atoms with Crippen molar-refractivity contribution in [3.63, 3.8) is 0 Å². The molecule has 18 heavy (non-hydrogen) atoms. The first kappa shape index (κ1) is 12.6. The number of aliphatic hydroxyl groups is 1. The Morgan fingerprint density at radius 2 is 2.22 bits per heavy atom. The Morgan fingerprint density at radius 1 is 1.50 bits per heavy atom. The zero-order chi connectivity index (χ0) is 13.3. The van der Waals surface area contributed by atoms with Crippen LogP contribution in [-0.2, 0) is 6.42 Å². The van der Waals surface area contributed by atoms with Gasteiger partial charge in [0, 0.05) is 6.54 Å². The van der Waals surface area contributed by atoms with Gasteiger partial charge in [0.15, 0.2) is 5.75 Å². The average Bonchev–Trinajstić information content (AvgIpc) is 2.36. The number of nitro benzene ring substituents is 1. The monoisotopic (exact) mass is 254 g/mol. The Kier molecular flexibility index (Phi) is 3.35. The van der Waals surface area contributed by atoms with E-state index in [1.807, 2.05) is 0 Å². The second-order valence-electron chi connectivity index (χ2n) is 3.90. The maximum absolute atomic E-state index is 11.2. The number of aliphatic hydroxyl groups excluding tert-OH is 1. The highest BCUT2D eigenvalue weighted by Gasteiger charge is 2.33. The number of methoxy groups -OCH3 is 2. The molecule has 0 saturated carbocycles. The molecule has 0 aliphatic carbocycles. The van der Waals surface area contributed by atoms with Crippen LogP contribution in [0, 0.1) is 10.1 Å². The van der Waals surface area contributed by atoms with E-state index in [1.165, 1.54) is 14.2 Å². The van der Waals surface area contributed by atoms with Crippen LogP contribution in [0.4, 0.5) is 5.69 Å². The van der Waals surface area contributed by atoms with Crippen molar-refractivity contribution in [2.24, 2.45) is 0 Å². The summed E-state index contributed by atoms with van der Waals surface area (Å²) in [7, 11) is 2.76. The molecule has 0 saturated heterocycles. The zero-order valence-electron chi connectivity index (χ0n) is 10.1. The number of ether oxygens (including phenoxy) is 2. The predicted octanol–water partition coefficient (Wildman–Crippen LogP) is 0.749. The molecule has 2 N–H and O–H groups in total. The van der Waals surface area contributed by atoms with Gasteiger partial charge in [-0.3, -0.25) is 15.4 Å². The largest absolute Gasteiger partial charge is 0.493 e. The van der Waals surface area contributed by atoms with Gasteiger partial charge in [0.1, 0.15) is 6.23 Å². The highest BCUT2D eigenvalue weighted by molar-refractivity contribution is 5.64. The minimum absolute atomic E-state index is 0.0315. The third-order valence-corrected chi connectivity index (χ3v) is 2.96. The number of nitrogens with one attached hydrogen (secondary N) is 1. The summed E-state index contributed by atoms with van der Waals surface area (Å²) in [6, 6.07) is 1.67. The molecule has 0 aromatic heterocycles. The smallest absolute Gasteiger partial charge is 0.322 e. The Labute approximate surface area is 103 Å². The molecule has 7 nitrogen and oxygen atoms in total. The van der Waals surface area contributed by atoms with Crippen LogP contribution in [0.3, 0.4) is 0 Å². The van der Waals surface area contributed by atoms with E-state index in [1.54, 1.807) is 6.07 Å². The molecule has 98 valence electrons. The van der Waals surface area contributed by atoms with Crippen molar-refractivity contribution in [1.82, 2.24) is 5.32 Å². The fraction of sp³-hybridized carbons (Fsp3) is 0.455. The second kappa shape index (κ2) is 4.79. The summed E-state index contributed by atoms with van der Waals surface area (Å²) < 4.78 is 10.1. The van der Waals surface area contributed by atoms with Crippen molar-refractivity contribution < 1.29 is 19.5 Å². The highest BCUT2D eigenvalue weighted by Crippen LogP contribution is 2.44. The van der Waals surface area contributed by atoms with Crippen LogP contribution in [0.25, 0.3) is 0 Å². The minimum Gasteiger partial charge on any atom is -0.493 e. The molecule has 7 heteroatoms. The molecule has 1 heterocycles. The summed E-state index contributed by atoms with van der Waals surface area (Å²) in [6.07, 6.45) is -0.470. The number of nitrogens with zero attached hydrogens (tertiary/aromatic N) is 1. The summed E-state index contributed by atoms with van der Waals surface area (Å²) in [4.78, 5) is 10.6. The quantitative estimate of drug-likeness (QED) is 0.610. The molecular formula is C11H14N2O5. The van der Waals surface area contributed by atoms with Gasteiger partial charge in [0.25, 0.3) is 0 Å². The Bertz CT molecular complexity index is 489. The van der Waals surface area contributed by atoms with Crippen LogP contribution in [0.15, 0.2) is 6.07 Å². The van der Waals surface area contributed by atoms with Gasteiger partial charge in [-0.15, -0.1) is 0 Å². The molecule has 1 aliphatic heterocycles. The van der Waals surface area contributed by atoms with Gasteiger partial charge in [0.05, 0.1) is 24.7 Å². The first-order valence-electron chi connectivity index (χ1n) is 5.43. The van der Waals surface area contributed by atoms with Crippen molar-refractivity contribution >= 4 is 5.69 Å². The van der Waals surface area contributed by atoms with Crippen molar-refractivity contribution in [2.45, 2.75) is 12.6 Å². The Hall–Kier alpha value is -1.86. The molecule has 0 spiro atoms. The molecule has 0 fully saturated rings. The molecule has 0 bridgehead atoms. The number of nitro groups is 1. The lowest BCUT2D eigenvalue weighted by Gasteiger charge is -2.24. The summed E-state index contributed by atoms with van der Waals surface area (Å²) in [5.41, 5.74) is 0.709. The van der Waals surface area contributed by atoms with Gasteiger partial charge >= 0.3 is 5.69 Å². The third-order valence-electron chi connectivity index (χ3n) is 2.96. The summed E-state index contributed by atoms with van der Waals surface area (Å²) in [5.74, 6) is 0.334. The number of fused-ring (bicyclic) bond motifs is 1. The van der Waals surface area contributed by atoms with Crippen LogP contribution in [0.5, 0.6) is 11.5 Å². The highest BCUT2D eigenvalue weighted by atomic mass is 16.6. The van der Waals surface area contributed by atoms with E-state index in [-0.39, 0.29) is 17.0 Å². The summed E-state index contributed by atoms with van der Waals surface area (Å²) in [5, 5.41) is 23.8. The van der Waals surface area contributed by atoms with E-state index in [0.29, 0.717) is 24.3 Å². The predicted molar refractivity (Wildman–Crippen MR) is 62.9 cm³/mol. The molecule has 1 atom stereocenters.